The smallest absolute Gasteiger partial charge is 0 e. The summed E-state index contributed by atoms with van der Waals surface area (Å²) in [5.74, 6) is 0. The normalized spacial score (nSPS) is 0. The number of rotatable bonds is 0. The van der Waals surface area contributed by atoms with Gasteiger partial charge in [0.2, 0.25) is 0 Å². The molecule has 0 nitrogen and oxygen atoms in total. The molecule has 0 rings (SSSR count). The van der Waals surface area contributed by atoms with Gasteiger partial charge in [0.05, 0.1) is 0 Å². The van der Waals surface area contributed by atoms with E-state index in [2.05, 4.69) is 0 Å². The van der Waals surface area contributed by atoms with Crippen molar-refractivity contribution in [2.75, 3.05) is 0 Å². The van der Waals surface area contributed by atoms with E-state index < -0.39 is 0 Å². The third kappa shape index (κ3) is 18.9. The molecule has 0 aromatic rings. The monoisotopic (exact) mass is 224 g/mol. The van der Waals surface area contributed by atoms with Gasteiger partial charge in [0.15, 0.2) is 0 Å². The van der Waals surface area contributed by atoms with E-state index in [1.807, 2.05) is 0 Å². The fourth-order valence-electron chi connectivity index (χ4n) is 0. The second-order valence-electron chi connectivity index (χ2n) is 0. The molecule has 0 aromatic heterocycles. The zero-order chi connectivity index (χ0) is 0. The van der Waals surface area contributed by atoms with Gasteiger partial charge >= 0.3 is 77.9 Å². The van der Waals surface area contributed by atoms with Crippen LogP contribution in [0, 0.1) is 0 Å². The van der Waals surface area contributed by atoms with Crippen LogP contribution in [0.25, 0.3) is 0 Å². The van der Waals surface area contributed by atoms with Crippen LogP contribution in [0.1, 0.15) is 5.71 Å². The van der Waals surface area contributed by atoms with Gasteiger partial charge in [0, 0.05) is 27.9 Å². The first-order chi connectivity index (χ1) is 0. The molecule has 4 radical (unpaired) electrons. The third-order valence-corrected chi connectivity index (χ3v) is 0. The Bertz CT molecular complexity index is 20.5. The molecular formula is H5BCaMgSeZn. The predicted octanol–water partition coefficient (Wildman–Crippen LogP) is -1.34. The SMILES string of the molecule is [B].[Ca+2].[H-].[H-].[H-].[H-].[Mg+2].[SeH].[Zn]. The van der Waals surface area contributed by atoms with Crippen molar-refractivity contribution in [3.63, 3.8) is 0 Å². The van der Waals surface area contributed by atoms with Crippen LogP contribution >= 0.6 is 0 Å². The van der Waals surface area contributed by atoms with Crippen LogP contribution in [0.4, 0.5) is 0 Å². The van der Waals surface area contributed by atoms with Gasteiger partial charge in [-0.2, -0.15) is 0 Å². The maximum absolute atomic E-state index is 0. The van der Waals surface area contributed by atoms with Gasteiger partial charge in [-0.05, 0) is 0 Å². The van der Waals surface area contributed by atoms with E-state index in [0.717, 1.165) is 0 Å². The van der Waals surface area contributed by atoms with E-state index in [4.69, 9.17) is 0 Å². The first kappa shape index (κ1) is 41.2. The standard InChI is InChI=1S/B.Ca.Mg.HSe.Zn.4H/h;;;1H;;;;;/q;2*+2;;;4*-1. The zero-order valence-electron chi connectivity index (χ0n) is 7.15. The molecule has 20 valence electrons. The van der Waals surface area contributed by atoms with Gasteiger partial charge in [-0.3, -0.25) is 0 Å². The Labute approximate surface area is 109 Å². The Balaban J connectivity index is 0. The summed E-state index contributed by atoms with van der Waals surface area (Å²) in [5.41, 5.74) is 0. The summed E-state index contributed by atoms with van der Waals surface area (Å²) >= 11 is 0. The first-order valence-electron chi connectivity index (χ1n) is 0. The number of hydrogen-bond acceptors (Lipinski definition) is 0. The van der Waals surface area contributed by atoms with Crippen molar-refractivity contribution in [1.29, 1.82) is 0 Å². The van der Waals surface area contributed by atoms with E-state index in [1.165, 1.54) is 0 Å². The van der Waals surface area contributed by atoms with Gasteiger partial charge in [-0.1, -0.05) is 0 Å². The van der Waals surface area contributed by atoms with Gasteiger partial charge in [-0.15, -0.1) is 0 Å². The molecule has 0 aliphatic heterocycles. The minimum Gasteiger partial charge on any atom is 0 e. The van der Waals surface area contributed by atoms with E-state index in [-0.39, 0.29) is 111 Å². The van der Waals surface area contributed by atoms with E-state index in [0.29, 0.717) is 0 Å². The Morgan fingerprint density at radius 1 is 1.20 bits per heavy atom. The van der Waals surface area contributed by atoms with Crippen molar-refractivity contribution >= 4 is 86.3 Å². The largest absolute Gasteiger partial charge is 0 e. The molecule has 0 aromatic carbocycles. The van der Waals surface area contributed by atoms with Crippen LogP contribution in [0.2, 0.25) is 0 Å². The molecule has 0 fully saturated rings. The Hall–Kier alpha value is 3.23. The molecule has 0 amide bonds. The van der Waals surface area contributed by atoms with Crippen LogP contribution < -0.4 is 0 Å². The van der Waals surface area contributed by atoms with Crippen LogP contribution in [0.5, 0.6) is 0 Å². The summed E-state index contributed by atoms with van der Waals surface area (Å²) in [6, 6.07) is 0. The maximum Gasteiger partial charge on any atom is 0 e. The van der Waals surface area contributed by atoms with Gasteiger partial charge in [0.1, 0.15) is 0 Å². The number of hydrogen-bond donors (Lipinski definition) is 0. The molecule has 0 atom stereocenters. The van der Waals surface area contributed by atoms with Crippen LogP contribution in [-0.4, -0.2) is 86.3 Å². The van der Waals surface area contributed by atoms with E-state index >= 15 is 0 Å². The summed E-state index contributed by atoms with van der Waals surface area (Å²) in [7, 11) is 0. The molecule has 0 heterocycles. The molecule has 5 heteroatoms. The summed E-state index contributed by atoms with van der Waals surface area (Å²) in [6.07, 6.45) is 0. The van der Waals surface area contributed by atoms with Crippen molar-refractivity contribution in [2.24, 2.45) is 0 Å². The topological polar surface area (TPSA) is 0 Å². The van der Waals surface area contributed by atoms with Gasteiger partial charge in [0.25, 0.3) is 0 Å². The second kappa shape index (κ2) is 26.9. The average Bonchev–Trinajstić information content (AvgIpc) is 0. The zero-order valence-corrected chi connectivity index (χ0v) is 11.6. The second-order valence-corrected chi connectivity index (χ2v) is 0. The molecule has 0 N–H and O–H groups in total. The Morgan fingerprint density at radius 3 is 1.20 bits per heavy atom. The third-order valence-electron chi connectivity index (χ3n) is 0. The molecule has 5 heavy (non-hydrogen) atoms. The fraction of sp³-hybridized carbons (Fsp3) is 0. The molecule has 0 aliphatic rings. The predicted molar refractivity (Wildman–Crippen MR) is 28.9 cm³/mol. The summed E-state index contributed by atoms with van der Waals surface area (Å²) in [6.45, 7) is 0. The maximum atomic E-state index is 0. The first-order valence-corrected chi connectivity index (χ1v) is 0. The average molecular weight is 225 g/mol. The van der Waals surface area contributed by atoms with Crippen molar-refractivity contribution < 1.29 is 25.2 Å². The van der Waals surface area contributed by atoms with Crippen LogP contribution in [0.15, 0.2) is 0 Å². The quantitative estimate of drug-likeness (QED) is 0.447. The van der Waals surface area contributed by atoms with Gasteiger partial charge in [-0.25, -0.2) is 0 Å². The van der Waals surface area contributed by atoms with Crippen molar-refractivity contribution in [3.8, 4) is 0 Å². The van der Waals surface area contributed by atoms with Crippen molar-refractivity contribution in [3.05, 3.63) is 0 Å². The minimum atomic E-state index is 0. The molecular weight excluding hydrogens is 220 g/mol. The van der Waals surface area contributed by atoms with E-state index in [1.54, 1.807) is 0 Å². The summed E-state index contributed by atoms with van der Waals surface area (Å²) in [5, 5.41) is 0. The summed E-state index contributed by atoms with van der Waals surface area (Å²) < 4.78 is 0. The molecule has 0 spiro atoms. The van der Waals surface area contributed by atoms with Crippen LogP contribution in [-0.2, 0) is 19.5 Å². The Kier molecular flexibility index (Phi) is 222. The Morgan fingerprint density at radius 2 is 1.20 bits per heavy atom. The molecule has 0 bridgehead atoms. The summed E-state index contributed by atoms with van der Waals surface area (Å²) in [4.78, 5) is 0. The van der Waals surface area contributed by atoms with Crippen molar-refractivity contribution in [1.82, 2.24) is 0 Å². The van der Waals surface area contributed by atoms with Crippen molar-refractivity contribution in [2.45, 2.75) is 0 Å². The molecule has 0 saturated carbocycles. The van der Waals surface area contributed by atoms with Gasteiger partial charge < -0.3 is 5.71 Å². The molecule has 0 aliphatic carbocycles. The fourth-order valence-corrected chi connectivity index (χ4v) is 0. The molecule has 0 saturated heterocycles. The van der Waals surface area contributed by atoms with Crippen LogP contribution in [0.3, 0.4) is 0 Å². The molecule has 0 unspecified atom stereocenters. The minimum absolute atomic E-state index is 0. The van der Waals surface area contributed by atoms with E-state index in [9.17, 15) is 0 Å².